The second kappa shape index (κ2) is 6.73. The molecular weight excluding hydrogens is 294 g/mol. The third-order valence-electron chi connectivity index (χ3n) is 4.23. The Balaban J connectivity index is 1.59. The van der Waals surface area contributed by atoms with E-state index < -0.39 is 0 Å². The predicted molar refractivity (Wildman–Crippen MR) is 85.4 cm³/mol. The van der Waals surface area contributed by atoms with Crippen molar-refractivity contribution < 1.29 is 14.3 Å². The van der Waals surface area contributed by atoms with Gasteiger partial charge < -0.3 is 14.8 Å². The molecule has 1 unspecified atom stereocenters. The van der Waals surface area contributed by atoms with E-state index in [0.29, 0.717) is 18.0 Å². The molecule has 2 heterocycles. The summed E-state index contributed by atoms with van der Waals surface area (Å²) in [6.45, 7) is 1.28. The molecule has 2 aromatic rings. The number of nitrogens with zero attached hydrogens (tertiary/aromatic N) is 2. The van der Waals surface area contributed by atoms with E-state index in [1.165, 1.54) is 0 Å². The quantitative estimate of drug-likeness (QED) is 0.913. The number of aromatic nitrogens is 2. The number of aryl methyl sites for hydroxylation is 1. The van der Waals surface area contributed by atoms with E-state index in [4.69, 9.17) is 9.47 Å². The standard InChI is InChI=1S/C17H21N3O3/c1-22-15-4-3-12(9-16(15)23-2)11-18-17(21)13-6-8-20-14(10-13)5-7-19-20/h3-5,7,9,13H,6,8,10-11H2,1-2H3,(H,18,21). The molecular formula is C17H21N3O3. The summed E-state index contributed by atoms with van der Waals surface area (Å²) >= 11 is 0. The third-order valence-corrected chi connectivity index (χ3v) is 4.23. The van der Waals surface area contributed by atoms with Gasteiger partial charge in [-0.2, -0.15) is 5.10 Å². The van der Waals surface area contributed by atoms with Crippen molar-refractivity contribution in [2.24, 2.45) is 5.92 Å². The number of fused-ring (bicyclic) bond motifs is 1. The van der Waals surface area contributed by atoms with E-state index in [0.717, 1.165) is 30.6 Å². The molecule has 0 radical (unpaired) electrons. The molecule has 0 fully saturated rings. The monoisotopic (exact) mass is 315 g/mol. The number of benzene rings is 1. The molecule has 122 valence electrons. The molecule has 1 N–H and O–H groups in total. The molecule has 1 aromatic heterocycles. The van der Waals surface area contributed by atoms with Crippen molar-refractivity contribution in [3.63, 3.8) is 0 Å². The average Bonchev–Trinajstić information content (AvgIpc) is 3.06. The Morgan fingerprint density at radius 3 is 2.91 bits per heavy atom. The van der Waals surface area contributed by atoms with E-state index in [-0.39, 0.29) is 11.8 Å². The van der Waals surface area contributed by atoms with Gasteiger partial charge in [-0.05, 0) is 30.2 Å². The second-order valence-corrected chi connectivity index (χ2v) is 5.64. The van der Waals surface area contributed by atoms with Crippen molar-refractivity contribution in [1.82, 2.24) is 15.1 Å². The van der Waals surface area contributed by atoms with E-state index in [9.17, 15) is 4.79 Å². The summed E-state index contributed by atoms with van der Waals surface area (Å²) in [5.41, 5.74) is 2.11. The Labute approximate surface area is 135 Å². The number of carbonyl (C=O) groups is 1. The van der Waals surface area contributed by atoms with E-state index in [1.54, 1.807) is 20.4 Å². The molecule has 1 aromatic carbocycles. The van der Waals surface area contributed by atoms with E-state index >= 15 is 0 Å². The van der Waals surface area contributed by atoms with Gasteiger partial charge in [0.05, 0.1) is 14.2 Å². The minimum Gasteiger partial charge on any atom is -0.493 e. The average molecular weight is 315 g/mol. The molecule has 0 saturated carbocycles. The topological polar surface area (TPSA) is 65.4 Å². The molecule has 0 spiro atoms. The van der Waals surface area contributed by atoms with Crippen LogP contribution in [0.4, 0.5) is 0 Å². The highest BCUT2D eigenvalue weighted by molar-refractivity contribution is 5.79. The number of hydrogen-bond donors (Lipinski definition) is 1. The minimum absolute atomic E-state index is 0.0133. The molecule has 6 heteroatoms. The van der Waals surface area contributed by atoms with Crippen molar-refractivity contribution >= 4 is 5.91 Å². The first-order valence-corrected chi connectivity index (χ1v) is 7.70. The van der Waals surface area contributed by atoms with Crippen LogP contribution in [0, 0.1) is 5.92 Å². The molecule has 0 bridgehead atoms. The Morgan fingerprint density at radius 1 is 1.30 bits per heavy atom. The summed E-state index contributed by atoms with van der Waals surface area (Å²) in [4.78, 5) is 12.4. The van der Waals surface area contributed by atoms with E-state index in [1.807, 2.05) is 28.9 Å². The first-order valence-electron chi connectivity index (χ1n) is 7.70. The summed E-state index contributed by atoms with van der Waals surface area (Å²) in [6.07, 6.45) is 3.36. The van der Waals surface area contributed by atoms with Crippen molar-refractivity contribution in [3.8, 4) is 11.5 Å². The Morgan fingerprint density at radius 2 is 2.13 bits per heavy atom. The van der Waals surface area contributed by atoms with Gasteiger partial charge in [-0.15, -0.1) is 0 Å². The van der Waals surface area contributed by atoms with Gasteiger partial charge in [0.15, 0.2) is 11.5 Å². The van der Waals surface area contributed by atoms with Gasteiger partial charge in [0.1, 0.15) is 0 Å². The SMILES string of the molecule is COc1ccc(CNC(=O)C2CCn3nccc3C2)cc1OC. The molecule has 1 amide bonds. The number of hydrogen-bond acceptors (Lipinski definition) is 4. The highest BCUT2D eigenvalue weighted by atomic mass is 16.5. The van der Waals surface area contributed by atoms with Crippen molar-refractivity contribution in [2.45, 2.75) is 25.9 Å². The van der Waals surface area contributed by atoms with Gasteiger partial charge in [-0.1, -0.05) is 6.07 Å². The van der Waals surface area contributed by atoms with Crippen LogP contribution in [-0.2, 0) is 24.3 Å². The van der Waals surface area contributed by atoms with Crippen LogP contribution in [0.15, 0.2) is 30.5 Å². The van der Waals surface area contributed by atoms with Crippen LogP contribution in [0.3, 0.4) is 0 Å². The van der Waals surface area contributed by atoms with Crippen LogP contribution in [0.25, 0.3) is 0 Å². The Bertz CT molecular complexity index is 696. The summed E-state index contributed by atoms with van der Waals surface area (Å²) in [5.74, 6) is 1.45. The van der Waals surface area contributed by atoms with Gasteiger partial charge in [-0.3, -0.25) is 9.48 Å². The maximum Gasteiger partial charge on any atom is 0.223 e. The predicted octanol–water partition coefficient (Wildman–Crippen LogP) is 1.78. The Hall–Kier alpha value is -2.50. The lowest BCUT2D eigenvalue weighted by atomic mass is 9.95. The van der Waals surface area contributed by atoms with Crippen LogP contribution < -0.4 is 14.8 Å². The number of rotatable bonds is 5. The molecule has 6 nitrogen and oxygen atoms in total. The number of nitrogens with one attached hydrogen (secondary N) is 1. The van der Waals surface area contributed by atoms with Gasteiger partial charge in [0, 0.05) is 37.3 Å². The zero-order valence-electron chi connectivity index (χ0n) is 13.4. The minimum atomic E-state index is 0.0133. The lowest BCUT2D eigenvalue weighted by molar-refractivity contribution is -0.125. The first-order chi connectivity index (χ1) is 11.2. The molecule has 0 saturated heterocycles. The zero-order valence-corrected chi connectivity index (χ0v) is 13.4. The fourth-order valence-corrected chi connectivity index (χ4v) is 2.92. The molecule has 1 aliphatic heterocycles. The second-order valence-electron chi connectivity index (χ2n) is 5.64. The summed E-state index contributed by atoms with van der Waals surface area (Å²) in [6, 6.07) is 7.64. The number of ether oxygens (including phenoxy) is 2. The molecule has 1 aliphatic rings. The summed E-state index contributed by atoms with van der Waals surface area (Å²) in [7, 11) is 3.21. The molecule has 23 heavy (non-hydrogen) atoms. The van der Waals surface area contributed by atoms with Crippen LogP contribution in [0.5, 0.6) is 11.5 Å². The third kappa shape index (κ3) is 3.31. The lowest BCUT2D eigenvalue weighted by Gasteiger charge is -2.22. The van der Waals surface area contributed by atoms with Crippen LogP contribution in [0.1, 0.15) is 17.7 Å². The lowest BCUT2D eigenvalue weighted by Crippen LogP contribution is -2.35. The zero-order chi connectivity index (χ0) is 16.2. The number of amides is 1. The van der Waals surface area contributed by atoms with Crippen molar-refractivity contribution in [1.29, 1.82) is 0 Å². The molecule has 1 atom stereocenters. The van der Waals surface area contributed by atoms with Crippen molar-refractivity contribution in [2.75, 3.05) is 14.2 Å². The van der Waals surface area contributed by atoms with E-state index in [2.05, 4.69) is 10.4 Å². The van der Waals surface area contributed by atoms with Crippen LogP contribution in [0.2, 0.25) is 0 Å². The smallest absolute Gasteiger partial charge is 0.223 e. The fraction of sp³-hybridized carbons (Fsp3) is 0.412. The summed E-state index contributed by atoms with van der Waals surface area (Å²) < 4.78 is 12.5. The van der Waals surface area contributed by atoms with Crippen molar-refractivity contribution in [3.05, 3.63) is 41.7 Å². The Kier molecular flexibility index (Phi) is 4.50. The summed E-state index contributed by atoms with van der Waals surface area (Å²) in [5, 5.41) is 7.25. The molecule has 3 rings (SSSR count). The van der Waals surface area contributed by atoms with Crippen LogP contribution in [-0.4, -0.2) is 29.9 Å². The highest BCUT2D eigenvalue weighted by Crippen LogP contribution is 2.27. The fourth-order valence-electron chi connectivity index (χ4n) is 2.92. The molecule has 0 aliphatic carbocycles. The van der Waals surface area contributed by atoms with Gasteiger partial charge >= 0.3 is 0 Å². The number of methoxy groups -OCH3 is 2. The van der Waals surface area contributed by atoms with Gasteiger partial charge in [0.25, 0.3) is 0 Å². The largest absolute Gasteiger partial charge is 0.493 e. The van der Waals surface area contributed by atoms with Gasteiger partial charge in [-0.25, -0.2) is 0 Å². The number of carbonyl (C=O) groups excluding carboxylic acids is 1. The first kappa shape index (κ1) is 15.4. The highest BCUT2D eigenvalue weighted by Gasteiger charge is 2.24. The normalized spacial score (nSPS) is 16.5. The maximum atomic E-state index is 12.4. The van der Waals surface area contributed by atoms with Crippen LogP contribution >= 0.6 is 0 Å². The van der Waals surface area contributed by atoms with Gasteiger partial charge in [0.2, 0.25) is 5.91 Å². The maximum absolute atomic E-state index is 12.4.